The summed E-state index contributed by atoms with van der Waals surface area (Å²) in [6.45, 7) is 4.27. The van der Waals surface area contributed by atoms with Crippen molar-refractivity contribution in [3.05, 3.63) is 0 Å². The molecule has 1 saturated carbocycles. The van der Waals surface area contributed by atoms with Crippen LogP contribution >= 0.6 is 0 Å². The van der Waals surface area contributed by atoms with Gasteiger partial charge in [-0.05, 0) is 25.7 Å². The third kappa shape index (κ3) is 2.53. The van der Waals surface area contributed by atoms with Gasteiger partial charge in [-0.25, -0.2) is 4.79 Å². The molecule has 2 fully saturated rings. The fraction of sp³-hybridized carbons (Fsp3) is 0.833. The van der Waals surface area contributed by atoms with E-state index in [0.717, 1.165) is 6.54 Å². The molecule has 0 aromatic rings. The van der Waals surface area contributed by atoms with E-state index in [0.29, 0.717) is 25.6 Å². The number of hydrogen-bond donors (Lipinski definition) is 1. The van der Waals surface area contributed by atoms with Crippen molar-refractivity contribution < 1.29 is 14.7 Å². The Kier molecular flexibility index (Phi) is 3.54. The van der Waals surface area contributed by atoms with E-state index in [1.54, 1.807) is 4.90 Å². The average molecular weight is 240 g/mol. The normalized spacial score (nSPS) is 20.6. The number of amides is 2. The summed E-state index contributed by atoms with van der Waals surface area (Å²) in [4.78, 5) is 26.2. The molecule has 2 aliphatic rings. The Morgan fingerprint density at radius 3 is 2.41 bits per heavy atom. The van der Waals surface area contributed by atoms with E-state index in [9.17, 15) is 9.59 Å². The van der Waals surface area contributed by atoms with Gasteiger partial charge < -0.3 is 14.9 Å². The van der Waals surface area contributed by atoms with Crippen molar-refractivity contribution in [1.29, 1.82) is 0 Å². The molecular formula is C12H20N2O3. The highest BCUT2D eigenvalue weighted by atomic mass is 16.4. The van der Waals surface area contributed by atoms with E-state index in [2.05, 4.69) is 0 Å². The Morgan fingerprint density at radius 2 is 2.00 bits per heavy atom. The predicted octanol–water partition coefficient (Wildman–Crippen LogP) is 1.24. The smallest absolute Gasteiger partial charge is 0.320 e. The van der Waals surface area contributed by atoms with Gasteiger partial charge in [-0.15, -0.1) is 0 Å². The zero-order valence-corrected chi connectivity index (χ0v) is 10.3. The van der Waals surface area contributed by atoms with Crippen LogP contribution in [-0.4, -0.2) is 53.1 Å². The molecule has 1 N–H and O–H groups in total. The van der Waals surface area contributed by atoms with Gasteiger partial charge in [0.15, 0.2) is 0 Å². The second kappa shape index (κ2) is 4.94. The van der Waals surface area contributed by atoms with Crippen LogP contribution in [0.4, 0.5) is 4.79 Å². The molecule has 1 saturated heterocycles. The fourth-order valence-electron chi connectivity index (χ4n) is 2.32. The van der Waals surface area contributed by atoms with Gasteiger partial charge in [0.1, 0.15) is 0 Å². The molecule has 96 valence electrons. The lowest BCUT2D eigenvalue weighted by Gasteiger charge is -2.41. The second-order valence-corrected chi connectivity index (χ2v) is 5.06. The van der Waals surface area contributed by atoms with Gasteiger partial charge in [0.2, 0.25) is 0 Å². The highest BCUT2D eigenvalue weighted by Gasteiger charge is 2.37. The average Bonchev–Trinajstić information content (AvgIpc) is 2.13. The van der Waals surface area contributed by atoms with E-state index < -0.39 is 5.97 Å². The Morgan fingerprint density at radius 1 is 1.35 bits per heavy atom. The molecule has 2 amide bonds. The summed E-state index contributed by atoms with van der Waals surface area (Å²) in [6.07, 6.45) is 3.73. The fourth-order valence-corrected chi connectivity index (χ4v) is 2.32. The molecule has 17 heavy (non-hydrogen) atoms. The molecule has 0 atom stereocenters. The molecule has 0 aromatic heterocycles. The maximum Gasteiger partial charge on any atom is 0.320 e. The number of rotatable bonds is 4. The van der Waals surface area contributed by atoms with E-state index in [-0.39, 0.29) is 11.9 Å². The lowest BCUT2D eigenvalue weighted by Crippen LogP contribution is -2.57. The molecule has 0 unspecified atom stereocenters. The summed E-state index contributed by atoms with van der Waals surface area (Å²) in [7, 11) is 0. The van der Waals surface area contributed by atoms with Gasteiger partial charge in [0.05, 0.1) is 5.92 Å². The van der Waals surface area contributed by atoms with Crippen molar-refractivity contribution in [2.45, 2.75) is 26.2 Å². The van der Waals surface area contributed by atoms with Gasteiger partial charge in [-0.3, -0.25) is 4.79 Å². The van der Waals surface area contributed by atoms with Crippen molar-refractivity contribution in [3.8, 4) is 0 Å². The first-order chi connectivity index (χ1) is 8.11. The molecule has 0 spiro atoms. The number of urea groups is 1. The highest BCUT2D eigenvalue weighted by molar-refractivity contribution is 5.79. The van der Waals surface area contributed by atoms with Crippen LogP contribution in [0.25, 0.3) is 0 Å². The third-order valence-corrected chi connectivity index (χ3v) is 3.86. The second-order valence-electron chi connectivity index (χ2n) is 5.06. The lowest BCUT2D eigenvalue weighted by atomic mass is 9.85. The number of carboxylic acids is 1. The number of hydrogen-bond acceptors (Lipinski definition) is 2. The van der Waals surface area contributed by atoms with Gasteiger partial charge in [-0.2, -0.15) is 0 Å². The minimum Gasteiger partial charge on any atom is -0.481 e. The van der Waals surface area contributed by atoms with Crippen molar-refractivity contribution in [1.82, 2.24) is 9.80 Å². The van der Waals surface area contributed by atoms with Crippen LogP contribution in [0.2, 0.25) is 0 Å². The summed E-state index contributed by atoms with van der Waals surface area (Å²) in [6, 6.07) is 0.0110. The minimum absolute atomic E-state index is 0.0110. The summed E-state index contributed by atoms with van der Waals surface area (Å²) < 4.78 is 0. The quantitative estimate of drug-likeness (QED) is 0.804. The maximum absolute atomic E-state index is 12.1. The standard InChI is InChI=1S/C12H20N2O3/c1-2-13(6-9-4-3-5-9)12(17)14-7-10(8-14)11(15)16/h9-10H,2-8H2,1H3,(H,15,16). The van der Waals surface area contributed by atoms with E-state index in [4.69, 9.17) is 5.11 Å². The van der Waals surface area contributed by atoms with Crippen LogP contribution in [0.5, 0.6) is 0 Å². The summed E-state index contributed by atoms with van der Waals surface area (Å²) in [5.74, 6) is -0.493. The molecular weight excluding hydrogens is 220 g/mol. The Bertz CT molecular complexity index is 309. The van der Waals surface area contributed by atoms with Crippen LogP contribution in [0.3, 0.4) is 0 Å². The van der Waals surface area contributed by atoms with Crippen molar-refractivity contribution >= 4 is 12.0 Å². The minimum atomic E-state index is -0.795. The Hall–Kier alpha value is -1.26. The van der Waals surface area contributed by atoms with E-state index in [1.165, 1.54) is 19.3 Å². The maximum atomic E-state index is 12.1. The van der Waals surface area contributed by atoms with Crippen molar-refractivity contribution in [2.24, 2.45) is 11.8 Å². The number of carbonyl (C=O) groups excluding carboxylic acids is 1. The van der Waals surface area contributed by atoms with Crippen LogP contribution in [0.1, 0.15) is 26.2 Å². The summed E-state index contributed by atoms with van der Waals surface area (Å²) in [5, 5.41) is 8.77. The zero-order chi connectivity index (χ0) is 12.4. The molecule has 1 aliphatic heterocycles. The predicted molar refractivity (Wildman–Crippen MR) is 62.7 cm³/mol. The van der Waals surface area contributed by atoms with Gasteiger partial charge >= 0.3 is 12.0 Å². The monoisotopic (exact) mass is 240 g/mol. The van der Waals surface area contributed by atoms with Crippen LogP contribution in [0, 0.1) is 11.8 Å². The summed E-state index contributed by atoms with van der Waals surface area (Å²) in [5.41, 5.74) is 0. The van der Waals surface area contributed by atoms with Crippen LogP contribution < -0.4 is 0 Å². The van der Waals surface area contributed by atoms with Crippen LogP contribution in [-0.2, 0) is 4.79 Å². The molecule has 2 rings (SSSR count). The molecule has 0 aromatic carbocycles. The summed E-state index contributed by atoms with van der Waals surface area (Å²) >= 11 is 0. The van der Waals surface area contributed by atoms with Gasteiger partial charge in [-0.1, -0.05) is 6.42 Å². The number of nitrogens with zero attached hydrogens (tertiary/aromatic N) is 2. The number of carbonyl (C=O) groups is 2. The highest BCUT2D eigenvalue weighted by Crippen LogP contribution is 2.28. The molecule has 1 aliphatic carbocycles. The molecule has 0 radical (unpaired) electrons. The van der Waals surface area contributed by atoms with E-state index >= 15 is 0 Å². The topological polar surface area (TPSA) is 60.9 Å². The molecule has 5 heteroatoms. The molecule has 1 heterocycles. The Balaban J connectivity index is 1.79. The van der Waals surface area contributed by atoms with Crippen LogP contribution in [0.15, 0.2) is 0 Å². The first-order valence-electron chi connectivity index (χ1n) is 6.38. The first kappa shape index (κ1) is 12.2. The molecule has 0 bridgehead atoms. The zero-order valence-electron chi connectivity index (χ0n) is 10.3. The SMILES string of the molecule is CCN(CC1CCC1)C(=O)N1CC(C(=O)O)C1. The van der Waals surface area contributed by atoms with Crippen molar-refractivity contribution in [3.63, 3.8) is 0 Å². The van der Waals surface area contributed by atoms with Gasteiger partial charge in [0, 0.05) is 26.2 Å². The number of carboxylic acid groups (broad SMARTS) is 1. The lowest BCUT2D eigenvalue weighted by molar-refractivity contribution is -0.146. The van der Waals surface area contributed by atoms with E-state index in [1.807, 2.05) is 11.8 Å². The van der Waals surface area contributed by atoms with Gasteiger partial charge in [0.25, 0.3) is 0 Å². The molecule has 5 nitrogen and oxygen atoms in total. The largest absolute Gasteiger partial charge is 0.481 e. The third-order valence-electron chi connectivity index (χ3n) is 3.86. The number of aliphatic carboxylic acids is 1. The van der Waals surface area contributed by atoms with Crippen molar-refractivity contribution in [2.75, 3.05) is 26.2 Å². The number of likely N-dealkylation sites (tertiary alicyclic amines) is 1. The first-order valence-corrected chi connectivity index (χ1v) is 6.38. The Labute approximate surface area is 101 Å².